The summed E-state index contributed by atoms with van der Waals surface area (Å²) < 4.78 is 9.21. The zero-order valence-electron chi connectivity index (χ0n) is 5.40. The van der Waals surface area contributed by atoms with Crippen LogP contribution >= 0.6 is 0 Å². The average molecular weight is 152 g/mol. The number of rotatable bonds is 1. The summed E-state index contributed by atoms with van der Waals surface area (Å²) in [6, 6.07) is 3.37. The van der Waals surface area contributed by atoms with Crippen LogP contribution in [0, 0.1) is 0 Å². The molecule has 2 aromatic rings. The Labute approximate surface area is 60.6 Å². The molecular weight excluding hydrogens is 148 g/mol. The summed E-state index contributed by atoms with van der Waals surface area (Å²) in [4.78, 5) is 12.8. The Morgan fingerprint density at radius 3 is 3.00 bits per heavy atom. The van der Waals surface area contributed by atoms with Crippen LogP contribution in [0.4, 0.5) is 0 Å². The maximum absolute atomic E-state index is 10.5. The molecule has 0 atom stereocenters. The third-order valence-electron chi connectivity index (χ3n) is 1.19. The molecule has 0 aliphatic heterocycles. The molecule has 0 aliphatic rings. The average Bonchev–Trinajstić information content (AvgIpc) is 2.55. The van der Waals surface area contributed by atoms with Crippen LogP contribution in [0.15, 0.2) is 32.1 Å². The van der Waals surface area contributed by atoms with E-state index in [9.17, 15) is 4.79 Å². The number of aromatic amines is 1. The molecule has 0 unspecified atom stereocenters. The number of hydrogen-bond acceptors (Lipinski definition) is 4. The Morgan fingerprint density at radius 1 is 1.55 bits per heavy atom. The van der Waals surface area contributed by atoms with Crippen molar-refractivity contribution in [2.75, 3.05) is 0 Å². The van der Waals surface area contributed by atoms with Crippen LogP contribution in [0.1, 0.15) is 0 Å². The van der Waals surface area contributed by atoms with Gasteiger partial charge in [0.25, 0.3) is 0 Å². The number of nitrogens with one attached hydrogen (secondary N) is 1. The van der Waals surface area contributed by atoms with E-state index in [-0.39, 0.29) is 0 Å². The number of hydrogen-bond donors (Lipinski definition) is 1. The first kappa shape index (κ1) is 5.96. The summed E-state index contributed by atoms with van der Waals surface area (Å²) in [7, 11) is 0. The molecule has 0 radical (unpaired) electrons. The fourth-order valence-corrected chi connectivity index (χ4v) is 0.749. The highest BCUT2D eigenvalue weighted by molar-refractivity contribution is 5.43. The summed E-state index contributed by atoms with van der Waals surface area (Å²) in [5, 5.41) is 3.42. The second-order valence-corrected chi connectivity index (χ2v) is 1.92. The van der Waals surface area contributed by atoms with Gasteiger partial charge in [0.05, 0.1) is 6.26 Å². The second kappa shape index (κ2) is 2.12. The highest BCUT2D eigenvalue weighted by atomic mass is 16.5. The number of aromatic nitrogens is 2. The molecule has 0 fully saturated rings. The maximum Gasteiger partial charge on any atom is 0.439 e. The van der Waals surface area contributed by atoms with Crippen molar-refractivity contribution in [2.45, 2.75) is 0 Å². The zero-order valence-corrected chi connectivity index (χ0v) is 5.40. The fourth-order valence-electron chi connectivity index (χ4n) is 0.749. The molecule has 0 saturated heterocycles. The van der Waals surface area contributed by atoms with Crippen LogP contribution in [-0.4, -0.2) is 10.1 Å². The Balaban J connectivity index is 2.53. The summed E-state index contributed by atoms with van der Waals surface area (Å²) in [6.45, 7) is 0. The van der Waals surface area contributed by atoms with Crippen LogP contribution in [0.2, 0.25) is 0 Å². The third kappa shape index (κ3) is 0.958. The number of furan rings is 1. The molecule has 0 bridgehead atoms. The van der Waals surface area contributed by atoms with Gasteiger partial charge in [-0.05, 0) is 12.1 Å². The van der Waals surface area contributed by atoms with E-state index < -0.39 is 5.76 Å². The van der Waals surface area contributed by atoms with Crippen LogP contribution in [0.25, 0.3) is 11.6 Å². The summed E-state index contributed by atoms with van der Waals surface area (Å²) >= 11 is 0. The first-order valence-electron chi connectivity index (χ1n) is 2.96. The first-order valence-corrected chi connectivity index (χ1v) is 2.96. The molecule has 2 aromatic heterocycles. The molecule has 5 nitrogen and oxygen atoms in total. The van der Waals surface area contributed by atoms with E-state index in [0.717, 1.165) is 0 Å². The standard InChI is InChI=1S/C6H4N2O3/c9-6-7-5(8-11-6)4-2-1-3-10-4/h1-3H,(H,7,8,9). The minimum atomic E-state index is -0.587. The van der Waals surface area contributed by atoms with Gasteiger partial charge in [-0.15, -0.1) is 0 Å². The van der Waals surface area contributed by atoms with Crippen molar-refractivity contribution in [3.8, 4) is 11.6 Å². The number of nitrogens with zero attached hydrogens (tertiary/aromatic N) is 1. The molecule has 2 rings (SSSR count). The molecular formula is C6H4N2O3. The maximum atomic E-state index is 10.5. The largest absolute Gasteiger partial charge is 0.461 e. The molecule has 0 saturated carbocycles. The van der Waals surface area contributed by atoms with Crippen molar-refractivity contribution in [3.05, 3.63) is 28.9 Å². The zero-order chi connectivity index (χ0) is 7.68. The lowest BCUT2D eigenvalue weighted by Gasteiger charge is -1.81. The topological polar surface area (TPSA) is 72.0 Å². The summed E-state index contributed by atoms with van der Waals surface area (Å²) in [6.07, 6.45) is 1.49. The minimum Gasteiger partial charge on any atom is -0.461 e. The highest BCUT2D eigenvalue weighted by Crippen LogP contribution is 2.11. The van der Waals surface area contributed by atoms with Gasteiger partial charge in [0.2, 0.25) is 5.82 Å². The van der Waals surface area contributed by atoms with E-state index in [1.807, 2.05) is 0 Å². The summed E-state index contributed by atoms with van der Waals surface area (Å²) in [5.41, 5.74) is 0. The van der Waals surface area contributed by atoms with Gasteiger partial charge in [-0.3, -0.25) is 9.51 Å². The Morgan fingerprint density at radius 2 is 2.45 bits per heavy atom. The van der Waals surface area contributed by atoms with Gasteiger partial charge in [0, 0.05) is 0 Å². The molecule has 1 N–H and O–H groups in total. The van der Waals surface area contributed by atoms with Crippen LogP contribution < -0.4 is 5.76 Å². The lowest BCUT2D eigenvalue weighted by atomic mass is 10.4. The third-order valence-corrected chi connectivity index (χ3v) is 1.19. The molecule has 5 heteroatoms. The van der Waals surface area contributed by atoms with E-state index in [2.05, 4.69) is 14.7 Å². The Bertz CT molecular complexity index is 384. The van der Waals surface area contributed by atoms with Gasteiger partial charge in [0.1, 0.15) is 0 Å². The molecule has 0 spiro atoms. The van der Waals surface area contributed by atoms with Crippen molar-refractivity contribution in [1.82, 2.24) is 10.1 Å². The first-order chi connectivity index (χ1) is 5.36. The Kier molecular flexibility index (Phi) is 1.15. The van der Waals surface area contributed by atoms with Gasteiger partial charge in [-0.25, -0.2) is 4.79 Å². The van der Waals surface area contributed by atoms with Crippen molar-refractivity contribution in [2.24, 2.45) is 0 Å². The second-order valence-electron chi connectivity index (χ2n) is 1.92. The van der Waals surface area contributed by atoms with E-state index in [1.54, 1.807) is 12.1 Å². The molecule has 0 amide bonds. The predicted octanol–water partition coefficient (Wildman–Crippen LogP) is 0.623. The molecule has 2 heterocycles. The molecule has 0 aliphatic carbocycles. The normalized spacial score (nSPS) is 10.2. The predicted molar refractivity (Wildman–Crippen MR) is 34.8 cm³/mol. The monoisotopic (exact) mass is 152 g/mol. The van der Waals surface area contributed by atoms with E-state index in [1.165, 1.54) is 6.26 Å². The highest BCUT2D eigenvalue weighted by Gasteiger charge is 2.04. The van der Waals surface area contributed by atoms with Crippen LogP contribution in [0.3, 0.4) is 0 Å². The molecule has 0 aromatic carbocycles. The lowest BCUT2D eigenvalue weighted by Crippen LogP contribution is -1.94. The molecule has 56 valence electrons. The van der Waals surface area contributed by atoms with Crippen molar-refractivity contribution in [1.29, 1.82) is 0 Å². The van der Waals surface area contributed by atoms with E-state index in [4.69, 9.17) is 4.42 Å². The summed E-state index contributed by atoms with van der Waals surface area (Å²) in [5.74, 6) is 0.201. The van der Waals surface area contributed by atoms with Crippen molar-refractivity contribution >= 4 is 0 Å². The van der Waals surface area contributed by atoms with Gasteiger partial charge >= 0.3 is 5.76 Å². The van der Waals surface area contributed by atoms with Gasteiger partial charge in [-0.1, -0.05) is 5.16 Å². The van der Waals surface area contributed by atoms with Gasteiger partial charge in [0.15, 0.2) is 5.76 Å². The smallest absolute Gasteiger partial charge is 0.439 e. The lowest BCUT2D eigenvalue weighted by molar-refractivity contribution is 0.386. The van der Waals surface area contributed by atoms with Gasteiger partial charge in [-0.2, -0.15) is 0 Å². The quantitative estimate of drug-likeness (QED) is 0.650. The van der Waals surface area contributed by atoms with Crippen molar-refractivity contribution < 1.29 is 8.94 Å². The van der Waals surface area contributed by atoms with Crippen molar-refractivity contribution in [3.63, 3.8) is 0 Å². The van der Waals surface area contributed by atoms with E-state index in [0.29, 0.717) is 11.6 Å². The number of H-pyrrole nitrogens is 1. The van der Waals surface area contributed by atoms with Crippen LogP contribution in [0.5, 0.6) is 0 Å². The fraction of sp³-hybridized carbons (Fsp3) is 0. The van der Waals surface area contributed by atoms with E-state index >= 15 is 0 Å². The van der Waals surface area contributed by atoms with Gasteiger partial charge < -0.3 is 4.42 Å². The minimum absolute atomic E-state index is 0.306. The van der Waals surface area contributed by atoms with Crippen LogP contribution in [-0.2, 0) is 0 Å². The Hall–Kier alpha value is -1.78. The SMILES string of the molecule is O=c1[nH]c(-c2ccco2)no1. The molecule has 11 heavy (non-hydrogen) atoms.